The molecule has 0 atom stereocenters. The largest absolute Gasteiger partial charge is 0.325 e. The molecule has 1 aliphatic carbocycles. The molecule has 0 aromatic heterocycles. The summed E-state index contributed by atoms with van der Waals surface area (Å²) in [5, 5.41) is 6.40. The number of nitrogens with one attached hydrogen (secondary N) is 2. The number of carbonyl (C=O) groups is 2. The van der Waals surface area contributed by atoms with E-state index in [2.05, 4.69) is 10.6 Å². The van der Waals surface area contributed by atoms with Gasteiger partial charge in [-0.25, -0.2) is 0 Å². The van der Waals surface area contributed by atoms with Crippen LogP contribution in [0.25, 0.3) is 0 Å². The maximum absolute atomic E-state index is 12.8. The smallest absolute Gasteiger partial charge is 0.240 e. The summed E-state index contributed by atoms with van der Waals surface area (Å²) in [6, 6.07) is 11.2. The predicted molar refractivity (Wildman–Crippen MR) is 101 cm³/mol. The van der Waals surface area contributed by atoms with E-state index in [0.717, 1.165) is 22.4 Å². The number of para-hydroxylation sites is 1. The van der Waals surface area contributed by atoms with Crippen LogP contribution in [-0.4, -0.2) is 11.8 Å². The van der Waals surface area contributed by atoms with E-state index in [1.54, 1.807) is 18.2 Å². The lowest BCUT2D eigenvalue weighted by molar-refractivity contribution is -0.131. The molecule has 130 valence electrons. The SMILES string of the molecule is Cc1cccc(C)c1NC(=O)C1(C(=O)Nc2cccc(Cl)c2C)CC1. The zero-order valence-electron chi connectivity index (χ0n) is 14.6. The highest BCUT2D eigenvalue weighted by molar-refractivity contribution is 6.31. The van der Waals surface area contributed by atoms with E-state index >= 15 is 0 Å². The number of hydrogen-bond donors (Lipinski definition) is 2. The van der Waals surface area contributed by atoms with E-state index in [0.29, 0.717) is 23.6 Å². The third-order valence-corrected chi connectivity index (χ3v) is 5.26. The second-order valence-corrected chi connectivity index (χ2v) is 7.08. The van der Waals surface area contributed by atoms with Crippen molar-refractivity contribution in [1.29, 1.82) is 0 Å². The molecular weight excluding hydrogens is 336 g/mol. The highest BCUT2D eigenvalue weighted by Crippen LogP contribution is 2.48. The third-order valence-electron chi connectivity index (χ3n) is 4.85. The highest BCUT2D eigenvalue weighted by atomic mass is 35.5. The molecule has 1 fully saturated rings. The zero-order valence-corrected chi connectivity index (χ0v) is 15.3. The fourth-order valence-electron chi connectivity index (χ4n) is 2.91. The summed E-state index contributed by atoms with van der Waals surface area (Å²) in [5.41, 5.74) is 3.19. The number of aryl methyl sites for hydroxylation is 2. The van der Waals surface area contributed by atoms with Crippen LogP contribution in [0.1, 0.15) is 29.5 Å². The fraction of sp³-hybridized carbons (Fsp3) is 0.300. The van der Waals surface area contributed by atoms with E-state index in [-0.39, 0.29) is 11.8 Å². The predicted octanol–water partition coefficient (Wildman–Crippen LogP) is 4.62. The topological polar surface area (TPSA) is 58.2 Å². The lowest BCUT2D eigenvalue weighted by Crippen LogP contribution is -2.36. The van der Waals surface area contributed by atoms with Crippen LogP contribution in [0.3, 0.4) is 0 Å². The molecular formula is C20H21ClN2O2. The monoisotopic (exact) mass is 356 g/mol. The second-order valence-electron chi connectivity index (χ2n) is 6.67. The van der Waals surface area contributed by atoms with Gasteiger partial charge >= 0.3 is 0 Å². The average Bonchev–Trinajstić information content (AvgIpc) is 3.37. The number of halogens is 1. The Kier molecular flexibility index (Phi) is 4.56. The molecule has 25 heavy (non-hydrogen) atoms. The van der Waals surface area contributed by atoms with E-state index in [1.807, 2.05) is 39.0 Å². The molecule has 0 unspecified atom stereocenters. The first-order chi connectivity index (χ1) is 11.8. The number of rotatable bonds is 4. The first-order valence-electron chi connectivity index (χ1n) is 8.29. The number of amides is 2. The zero-order chi connectivity index (χ0) is 18.2. The van der Waals surface area contributed by atoms with Gasteiger partial charge in [-0.05, 0) is 62.4 Å². The summed E-state index contributed by atoms with van der Waals surface area (Å²) < 4.78 is 0. The summed E-state index contributed by atoms with van der Waals surface area (Å²) in [7, 11) is 0. The minimum Gasteiger partial charge on any atom is -0.325 e. The van der Waals surface area contributed by atoms with E-state index in [4.69, 9.17) is 11.6 Å². The molecule has 0 aliphatic heterocycles. The van der Waals surface area contributed by atoms with Crippen LogP contribution in [0.5, 0.6) is 0 Å². The molecule has 2 N–H and O–H groups in total. The maximum Gasteiger partial charge on any atom is 0.240 e. The quantitative estimate of drug-likeness (QED) is 0.785. The van der Waals surface area contributed by atoms with Crippen molar-refractivity contribution in [3.63, 3.8) is 0 Å². The van der Waals surface area contributed by atoms with E-state index in [9.17, 15) is 9.59 Å². The van der Waals surface area contributed by atoms with E-state index in [1.165, 1.54) is 0 Å². The number of anilines is 2. The van der Waals surface area contributed by atoms with Gasteiger partial charge in [0.15, 0.2) is 0 Å². The minimum atomic E-state index is -0.997. The van der Waals surface area contributed by atoms with Crippen LogP contribution in [-0.2, 0) is 9.59 Å². The number of hydrogen-bond acceptors (Lipinski definition) is 2. The molecule has 3 rings (SSSR count). The lowest BCUT2D eigenvalue weighted by Gasteiger charge is -2.18. The number of benzene rings is 2. The first kappa shape index (κ1) is 17.5. The Bertz CT molecular complexity index is 837. The highest BCUT2D eigenvalue weighted by Gasteiger charge is 2.56. The van der Waals surface area contributed by atoms with Gasteiger partial charge in [0.05, 0.1) is 0 Å². The van der Waals surface area contributed by atoms with Crippen molar-refractivity contribution in [2.24, 2.45) is 5.41 Å². The normalized spacial score (nSPS) is 14.7. The van der Waals surface area contributed by atoms with Gasteiger partial charge in [0.25, 0.3) is 0 Å². The Labute approximate surface area is 152 Å². The van der Waals surface area contributed by atoms with E-state index < -0.39 is 5.41 Å². The van der Waals surface area contributed by atoms with Crippen molar-refractivity contribution < 1.29 is 9.59 Å². The van der Waals surface area contributed by atoms with Crippen molar-refractivity contribution in [3.05, 3.63) is 58.1 Å². The summed E-state index contributed by atoms with van der Waals surface area (Å²) in [4.78, 5) is 25.5. The summed E-state index contributed by atoms with van der Waals surface area (Å²) in [6.07, 6.45) is 1.10. The molecule has 5 heteroatoms. The Hall–Kier alpha value is -2.33. The van der Waals surface area contributed by atoms with Gasteiger partial charge in [-0.1, -0.05) is 35.9 Å². The lowest BCUT2D eigenvalue weighted by atomic mass is 10.0. The van der Waals surface area contributed by atoms with Crippen molar-refractivity contribution in [2.45, 2.75) is 33.6 Å². The van der Waals surface area contributed by atoms with Gasteiger partial charge in [0.2, 0.25) is 11.8 Å². The van der Waals surface area contributed by atoms with Crippen molar-refractivity contribution in [2.75, 3.05) is 10.6 Å². The number of carbonyl (C=O) groups excluding carboxylic acids is 2. The molecule has 2 aromatic rings. The molecule has 0 radical (unpaired) electrons. The van der Waals surface area contributed by atoms with Gasteiger partial charge < -0.3 is 10.6 Å². The van der Waals surface area contributed by atoms with Gasteiger partial charge in [-0.15, -0.1) is 0 Å². The molecule has 0 spiro atoms. The van der Waals surface area contributed by atoms with Crippen molar-refractivity contribution in [1.82, 2.24) is 0 Å². The summed E-state index contributed by atoms with van der Waals surface area (Å²) in [5.74, 6) is -0.524. The molecule has 4 nitrogen and oxygen atoms in total. The Morgan fingerprint density at radius 3 is 2.08 bits per heavy atom. The van der Waals surface area contributed by atoms with Crippen LogP contribution in [0.2, 0.25) is 5.02 Å². The second kappa shape index (κ2) is 6.52. The Balaban J connectivity index is 1.78. The molecule has 0 heterocycles. The fourth-order valence-corrected chi connectivity index (χ4v) is 3.09. The molecule has 2 amide bonds. The summed E-state index contributed by atoms with van der Waals surface area (Å²) in [6.45, 7) is 5.73. The van der Waals surface area contributed by atoms with Crippen LogP contribution in [0.15, 0.2) is 36.4 Å². The molecule has 1 aliphatic rings. The molecule has 2 aromatic carbocycles. The van der Waals surface area contributed by atoms with Crippen molar-refractivity contribution in [3.8, 4) is 0 Å². The summed E-state index contributed by atoms with van der Waals surface area (Å²) >= 11 is 6.10. The van der Waals surface area contributed by atoms with Crippen LogP contribution < -0.4 is 10.6 Å². The third kappa shape index (κ3) is 3.27. The van der Waals surface area contributed by atoms with Gasteiger partial charge in [0, 0.05) is 16.4 Å². The first-order valence-corrected chi connectivity index (χ1v) is 8.67. The van der Waals surface area contributed by atoms with Gasteiger partial charge in [0.1, 0.15) is 5.41 Å². The minimum absolute atomic E-state index is 0.248. The standard InChI is InChI=1S/C20H21ClN2O2/c1-12-6-4-7-13(2)17(12)23-19(25)20(10-11-20)18(24)22-16-9-5-8-15(21)14(16)3/h4-9H,10-11H2,1-3H3,(H,22,24)(H,23,25). The Morgan fingerprint density at radius 1 is 0.920 bits per heavy atom. The van der Waals surface area contributed by atoms with Crippen LogP contribution in [0.4, 0.5) is 11.4 Å². The van der Waals surface area contributed by atoms with Crippen molar-refractivity contribution >= 4 is 34.8 Å². The van der Waals surface area contributed by atoms with Crippen LogP contribution in [0, 0.1) is 26.2 Å². The van der Waals surface area contributed by atoms with Gasteiger partial charge in [-0.3, -0.25) is 9.59 Å². The average molecular weight is 357 g/mol. The molecule has 0 bridgehead atoms. The van der Waals surface area contributed by atoms with Gasteiger partial charge in [-0.2, -0.15) is 0 Å². The van der Waals surface area contributed by atoms with Crippen LogP contribution >= 0.6 is 11.6 Å². The maximum atomic E-state index is 12.8. The molecule has 0 saturated heterocycles. The Morgan fingerprint density at radius 2 is 1.48 bits per heavy atom. The molecule has 1 saturated carbocycles.